The average Bonchev–Trinajstić information content (AvgIpc) is 3.20. The van der Waals surface area contributed by atoms with Crippen LogP contribution in [0.5, 0.6) is 11.5 Å². The van der Waals surface area contributed by atoms with Gasteiger partial charge in [-0.25, -0.2) is 13.1 Å². The van der Waals surface area contributed by atoms with Crippen molar-refractivity contribution < 1.29 is 23.0 Å². The van der Waals surface area contributed by atoms with Crippen molar-refractivity contribution in [2.24, 2.45) is 0 Å². The maximum absolute atomic E-state index is 12.9. The van der Waals surface area contributed by atoms with Crippen LogP contribution in [-0.4, -0.2) is 77.0 Å². The van der Waals surface area contributed by atoms with Crippen LogP contribution >= 0.6 is 0 Å². The van der Waals surface area contributed by atoms with Crippen LogP contribution in [0.4, 0.5) is 0 Å². The Morgan fingerprint density at radius 3 is 2.73 bits per heavy atom. The van der Waals surface area contributed by atoms with Crippen molar-refractivity contribution in [2.45, 2.75) is 23.1 Å². The first-order valence-electron chi connectivity index (χ1n) is 9.91. The Morgan fingerprint density at radius 1 is 1.13 bits per heavy atom. The number of benzene rings is 2. The van der Waals surface area contributed by atoms with Gasteiger partial charge in [0.1, 0.15) is 22.5 Å². The van der Waals surface area contributed by atoms with Crippen LogP contribution in [0, 0.1) is 0 Å². The summed E-state index contributed by atoms with van der Waals surface area (Å²) >= 11 is 0. The van der Waals surface area contributed by atoms with Crippen LogP contribution in [-0.2, 0) is 10.0 Å². The Bertz CT molecular complexity index is 1010. The van der Waals surface area contributed by atoms with Crippen molar-refractivity contribution in [1.82, 2.24) is 14.9 Å². The summed E-state index contributed by atoms with van der Waals surface area (Å²) < 4.78 is 40.0. The largest absolute Gasteiger partial charge is 0.497 e. The van der Waals surface area contributed by atoms with E-state index >= 15 is 0 Å². The SMILES string of the molecule is COc1cccc(-c2ccc3c(c2)O[C@H]2CNC[C@H]2N(C)C[C@@H](O)CNS3(=O)=O)c1. The van der Waals surface area contributed by atoms with Gasteiger partial charge in [-0.05, 0) is 42.4 Å². The van der Waals surface area contributed by atoms with Crippen LogP contribution in [0.15, 0.2) is 47.4 Å². The van der Waals surface area contributed by atoms with Crippen molar-refractivity contribution >= 4 is 10.0 Å². The lowest BCUT2D eigenvalue weighted by Gasteiger charge is -2.30. The highest BCUT2D eigenvalue weighted by Crippen LogP contribution is 2.33. The summed E-state index contributed by atoms with van der Waals surface area (Å²) in [5.41, 5.74) is 1.72. The van der Waals surface area contributed by atoms with E-state index in [0.29, 0.717) is 25.4 Å². The Kier molecular flexibility index (Phi) is 5.99. The molecular weight excluding hydrogens is 406 g/mol. The van der Waals surface area contributed by atoms with Gasteiger partial charge in [-0.1, -0.05) is 18.2 Å². The van der Waals surface area contributed by atoms with Gasteiger partial charge in [0.15, 0.2) is 0 Å². The van der Waals surface area contributed by atoms with Gasteiger partial charge in [0.2, 0.25) is 10.0 Å². The summed E-state index contributed by atoms with van der Waals surface area (Å²) in [5.74, 6) is 1.02. The molecule has 0 bridgehead atoms. The summed E-state index contributed by atoms with van der Waals surface area (Å²) in [6, 6.07) is 12.7. The number of hydrogen-bond donors (Lipinski definition) is 3. The van der Waals surface area contributed by atoms with E-state index < -0.39 is 16.1 Å². The molecule has 2 heterocycles. The molecule has 3 atom stereocenters. The van der Waals surface area contributed by atoms with Gasteiger partial charge in [0, 0.05) is 26.2 Å². The Labute approximate surface area is 176 Å². The van der Waals surface area contributed by atoms with E-state index in [1.54, 1.807) is 25.3 Å². The Hall–Kier alpha value is -2.17. The molecule has 0 aromatic heterocycles. The molecule has 2 aromatic rings. The van der Waals surface area contributed by atoms with Gasteiger partial charge >= 0.3 is 0 Å². The zero-order valence-corrected chi connectivity index (χ0v) is 17.9. The molecule has 0 saturated carbocycles. The number of aliphatic hydroxyl groups is 1. The molecular formula is C21H27N3O5S. The number of likely N-dealkylation sites (N-methyl/N-ethyl adjacent to an activating group) is 1. The minimum absolute atomic E-state index is 0.0220. The van der Waals surface area contributed by atoms with Gasteiger partial charge in [0.05, 0.1) is 19.3 Å². The molecule has 0 aliphatic carbocycles. The number of nitrogens with zero attached hydrogens (tertiary/aromatic N) is 1. The maximum Gasteiger partial charge on any atom is 0.244 e. The van der Waals surface area contributed by atoms with E-state index in [-0.39, 0.29) is 23.6 Å². The first-order valence-corrected chi connectivity index (χ1v) is 11.4. The molecule has 2 aromatic carbocycles. The number of nitrogens with one attached hydrogen (secondary N) is 2. The number of ether oxygens (including phenoxy) is 2. The molecule has 162 valence electrons. The second-order valence-electron chi connectivity index (χ2n) is 7.72. The number of sulfonamides is 1. The molecule has 0 spiro atoms. The molecule has 4 rings (SSSR count). The lowest BCUT2D eigenvalue weighted by molar-refractivity contribution is 0.0714. The van der Waals surface area contributed by atoms with Crippen LogP contribution in [0.2, 0.25) is 0 Å². The van der Waals surface area contributed by atoms with Gasteiger partial charge < -0.3 is 19.9 Å². The fourth-order valence-corrected chi connectivity index (χ4v) is 5.17. The standard InChI is InChI=1S/C21H27N3O5S/c1-24-13-16(25)10-23-30(26,27)21-7-6-15(14-4-3-5-17(8-14)28-2)9-19(21)29-20-12-22-11-18(20)24/h3-9,16,18,20,22-23,25H,10-13H2,1-2H3/t16-,18+,20-/m0/s1. The van der Waals surface area contributed by atoms with E-state index in [9.17, 15) is 13.5 Å². The summed E-state index contributed by atoms with van der Waals surface area (Å²) in [7, 11) is -0.327. The molecule has 9 heteroatoms. The summed E-state index contributed by atoms with van der Waals surface area (Å²) in [6.07, 6.45) is -1.06. The summed E-state index contributed by atoms with van der Waals surface area (Å²) in [5, 5.41) is 13.6. The molecule has 2 aliphatic rings. The quantitative estimate of drug-likeness (QED) is 0.640. The lowest BCUT2D eigenvalue weighted by Crippen LogP contribution is -2.47. The third-order valence-corrected chi connectivity index (χ3v) is 7.08. The van der Waals surface area contributed by atoms with E-state index in [1.807, 2.05) is 36.2 Å². The minimum atomic E-state index is -3.85. The van der Waals surface area contributed by atoms with Crippen LogP contribution in [0.25, 0.3) is 11.1 Å². The predicted molar refractivity (Wildman–Crippen MR) is 113 cm³/mol. The van der Waals surface area contributed by atoms with Crippen molar-refractivity contribution in [3.8, 4) is 22.6 Å². The lowest BCUT2D eigenvalue weighted by atomic mass is 10.1. The normalized spacial score (nSPS) is 26.7. The fraction of sp³-hybridized carbons (Fsp3) is 0.429. The predicted octanol–water partition coefficient (Wildman–Crippen LogP) is 0.666. The first-order chi connectivity index (χ1) is 14.4. The molecule has 2 aliphatic heterocycles. The number of β-amino-alcohol motifs (C(OH)–C–C–N with tert-alkyl or cyclic N) is 1. The van der Waals surface area contributed by atoms with Crippen molar-refractivity contribution in [3.05, 3.63) is 42.5 Å². The zero-order valence-electron chi connectivity index (χ0n) is 17.0. The second kappa shape index (κ2) is 8.52. The van der Waals surface area contributed by atoms with Crippen LogP contribution in [0.1, 0.15) is 0 Å². The number of aliphatic hydroxyl groups excluding tert-OH is 1. The summed E-state index contributed by atoms with van der Waals surface area (Å²) in [6.45, 7) is 1.59. The van der Waals surface area contributed by atoms with E-state index in [4.69, 9.17) is 9.47 Å². The second-order valence-corrected chi connectivity index (χ2v) is 9.46. The molecule has 3 N–H and O–H groups in total. The molecule has 1 saturated heterocycles. The molecule has 0 radical (unpaired) electrons. The molecule has 0 unspecified atom stereocenters. The van der Waals surface area contributed by atoms with Crippen molar-refractivity contribution in [3.63, 3.8) is 0 Å². The number of hydrogen-bond acceptors (Lipinski definition) is 7. The van der Waals surface area contributed by atoms with Crippen LogP contribution < -0.4 is 19.5 Å². The van der Waals surface area contributed by atoms with Crippen molar-refractivity contribution in [1.29, 1.82) is 0 Å². The smallest absolute Gasteiger partial charge is 0.244 e. The zero-order chi connectivity index (χ0) is 21.3. The highest BCUT2D eigenvalue weighted by Gasteiger charge is 2.35. The van der Waals surface area contributed by atoms with Crippen LogP contribution in [0.3, 0.4) is 0 Å². The monoisotopic (exact) mass is 433 g/mol. The van der Waals surface area contributed by atoms with E-state index in [0.717, 1.165) is 16.9 Å². The van der Waals surface area contributed by atoms with E-state index in [2.05, 4.69) is 10.0 Å². The molecule has 1 fully saturated rings. The molecule has 0 amide bonds. The maximum atomic E-state index is 12.9. The number of fused-ring (bicyclic) bond motifs is 2. The highest BCUT2D eigenvalue weighted by molar-refractivity contribution is 7.89. The van der Waals surface area contributed by atoms with Gasteiger partial charge in [-0.15, -0.1) is 0 Å². The summed E-state index contributed by atoms with van der Waals surface area (Å²) in [4.78, 5) is 2.08. The number of methoxy groups -OCH3 is 1. The third kappa shape index (κ3) is 4.30. The van der Waals surface area contributed by atoms with E-state index in [1.165, 1.54) is 0 Å². The topological polar surface area (TPSA) is 100 Å². The van der Waals surface area contributed by atoms with Gasteiger partial charge in [0.25, 0.3) is 0 Å². The van der Waals surface area contributed by atoms with Gasteiger partial charge in [-0.3, -0.25) is 4.90 Å². The Morgan fingerprint density at radius 2 is 1.93 bits per heavy atom. The fourth-order valence-electron chi connectivity index (χ4n) is 3.98. The highest BCUT2D eigenvalue weighted by atomic mass is 32.2. The van der Waals surface area contributed by atoms with Crippen molar-refractivity contribution in [2.75, 3.05) is 40.3 Å². The average molecular weight is 434 g/mol. The Balaban J connectivity index is 1.78. The first kappa shape index (κ1) is 21.1. The third-order valence-electron chi connectivity index (χ3n) is 5.62. The number of rotatable bonds is 2. The minimum Gasteiger partial charge on any atom is -0.497 e. The van der Waals surface area contributed by atoms with Gasteiger partial charge in [-0.2, -0.15) is 0 Å². The molecule has 8 nitrogen and oxygen atoms in total. The molecule has 30 heavy (non-hydrogen) atoms.